The van der Waals surface area contributed by atoms with E-state index in [2.05, 4.69) is 55.2 Å². The monoisotopic (exact) mass is 346 g/mol. The van der Waals surface area contributed by atoms with Crippen LogP contribution in [0, 0.1) is 29.5 Å². The molecule has 26 heavy (non-hydrogen) atoms. The maximum Gasteiger partial charge on any atom is 0.123 e. The molecule has 2 aromatic carbocycles. The number of hydrogen-bond acceptors (Lipinski definition) is 0. The third-order valence-electron chi connectivity index (χ3n) is 5.12. The van der Waals surface area contributed by atoms with Crippen LogP contribution in [0.25, 0.3) is 11.1 Å². The maximum absolute atomic E-state index is 13.0. The smallest absolute Gasteiger partial charge is 0.123 e. The summed E-state index contributed by atoms with van der Waals surface area (Å²) < 4.78 is 13.0. The van der Waals surface area contributed by atoms with Crippen LogP contribution < -0.4 is 0 Å². The second-order valence-corrected chi connectivity index (χ2v) is 7.18. The van der Waals surface area contributed by atoms with E-state index in [9.17, 15) is 4.39 Å². The van der Waals surface area contributed by atoms with Gasteiger partial charge in [-0.15, -0.1) is 0 Å². The first-order valence-electron chi connectivity index (χ1n) is 9.79. The molecular formula is C25H27F. The Kier molecular flexibility index (Phi) is 6.67. The highest BCUT2D eigenvalue weighted by Crippen LogP contribution is 2.29. The normalized spacial score (nSPS) is 19.9. The molecule has 0 N–H and O–H groups in total. The van der Waals surface area contributed by atoms with Gasteiger partial charge in [-0.05, 0) is 73.4 Å². The lowest BCUT2D eigenvalue weighted by molar-refractivity contribution is 0.364. The second kappa shape index (κ2) is 9.39. The molecule has 0 saturated heterocycles. The number of rotatable bonds is 4. The molecule has 0 unspecified atom stereocenters. The highest BCUT2D eigenvalue weighted by Gasteiger charge is 2.17. The van der Waals surface area contributed by atoms with Gasteiger partial charge >= 0.3 is 0 Å². The first-order chi connectivity index (χ1) is 12.7. The first-order valence-corrected chi connectivity index (χ1v) is 9.79. The van der Waals surface area contributed by atoms with E-state index in [4.69, 9.17) is 0 Å². The van der Waals surface area contributed by atoms with Crippen molar-refractivity contribution in [3.05, 3.63) is 72.1 Å². The Morgan fingerprint density at radius 2 is 1.54 bits per heavy atom. The van der Waals surface area contributed by atoms with Crippen LogP contribution in [-0.2, 0) is 0 Å². The summed E-state index contributed by atoms with van der Waals surface area (Å²) in [7, 11) is 0. The number of hydrogen-bond donors (Lipinski definition) is 0. The quantitative estimate of drug-likeness (QED) is 0.413. The fraction of sp³-hybridized carbons (Fsp3) is 0.360. The molecule has 0 radical (unpaired) electrons. The SMILES string of the molecule is CCCC=CC1CCC(C#Cc2ccc(-c3ccc(F)cc3)cc2)CC1. The lowest BCUT2D eigenvalue weighted by Crippen LogP contribution is -2.11. The van der Waals surface area contributed by atoms with E-state index in [0.29, 0.717) is 5.92 Å². The van der Waals surface area contributed by atoms with Gasteiger partial charge in [-0.1, -0.05) is 61.6 Å². The fourth-order valence-electron chi connectivity index (χ4n) is 3.49. The molecule has 1 aliphatic rings. The van der Waals surface area contributed by atoms with Gasteiger partial charge in [0.1, 0.15) is 5.82 Å². The predicted molar refractivity (Wildman–Crippen MR) is 108 cm³/mol. The van der Waals surface area contributed by atoms with Gasteiger partial charge in [0.2, 0.25) is 0 Å². The van der Waals surface area contributed by atoms with Crippen LogP contribution in [0.2, 0.25) is 0 Å². The summed E-state index contributed by atoms with van der Waals surface area (Å²) in [4.78, 5) is 0. The number of unbranched alkanes of at least 4 members (excludes halogenated alkanes) is 1. The minimum Gasteiger partial charge on any atom is -0.207 e. The van der Waals surface area contributed by atoms with Crippen molar-refractivity contribution in [3.63, 3.8) is 0 Å². The number of allylic oxidation sites excluding steroid dienone is 2. The van der Waals surface area contributed by atoms with Crippen molar-refractivity contribution in [2.75, 3.05) is 0 Å². The average Bonchev–Trinajstić information content (AvgIpc) is 2.69. The van der Waals surface area contributed by atoms with Crippen molar-refractivity contribution < 1.29 is 4.39 Å². The molecule has 1 fully saturated rings. The Morgan fingerprint density at radius 3 is 2.15 bits per heavy atom. The van der Waals surface area contributed by atoms with E-state index in [1.807, 2.05) is 12.1 Å². The van der Waals surface area contributed by atoms with Gasteiger partial charge in [0, 0.05) is 11.5 Å². The molecular weight excluding hydrogens is 319 g/mol. The molecule has 0 aliphatic heterocycles. The maximum atomic E-state index is 13.0. The standard InChI is InChI=1S/C25H27F/c1-2-3-4-5-20-6-8-21(9-7-20)10-11-22-12-14-23(15-13-22)24-16-18-25(26)19-17-24/h4-5,12-21H,2-3,6-9H2,1H3. The molecule has 1 heteroatoms. The molecule has 0 amide bonds. The molecule has 1 saturated carbocycles. The zero-order valence-corrected chi connectivity index (χ0v) is 15.5. The molecule has 0 atom stereocenters. The number of halogens is 1. The third-order valence-corrected chi connectivity index (χ3v) is 5.12. The zero-order chi connectivity index (χ0) is 18.2. The topological polar surface area (TPSA) is 0 Å². The highest BCUT2D eigenvalue weighted by molar-refractivity contribution is 5.64. The lowest BCUT2D eigenvalue weighted by Gasteiger charge is -2.23. The van der Waals surface area contributed by atoms with Gasteiger partial charge in [-0.2, -0.15) is 0 Å². The predicted octanol–water partition coefficient (Wildman–Crippen LogP) is 7.01. The van der Waals surface area contributed by atoms with Crippen LogP contribution in [0.4, 0.5) is 4.39 Å². The zero-order valence-electron chi connectivity index (χ0n) is 15.5. The van der Waals surface area contributed by atoms with E-state index in [0.717, 1.165) is 22.6 Å². The molecule has 2 aromatic rings. The van der Waals surface area contributed by atoms with Gasteiger partial charge in [-0.25, -0.2) is 4.39 Å². The Bertz CT molecular complexity index is 764. The molecule has 0 bridgehead atoms. The minimum atomic E-state index is -0.202. The summed E-state index contributed by atoms with van der Waals surface area (Å²) in [6.07, 6.45) is 12.2. The largest absolute Gasteiger partial charge is 0.207 e. The van der Waals surface area contributed by atoms with E-state index in [1.165, 1.54) is 50.7 Å². The summed E-state index contributed by atoms with van der Waals surface area (Å²) in [6.45, 7) is 2.23. The first kappa shape index (κ1) is 18.5. The summed E-state index contributed by atoms with van der Waals surface area (Å²) in [5.74, 6) is 7.90. The van der Waals surface area contributed by atoms with Crippen molar-refractivity contribution in [1.82, 2.24) is 0 Å². The fourth-order valence-corrected chi connectivity index (χ4v) is 3.49. The third kappa shape index (κ3) is 5.33. The summed E-state index contributed by atoms with van der Waals surface area (Å²) in [5.41, 5.74) is 3.18. The van der Waals surface area contributed by atoms with Crippen molar-refractivity contribution in [1.29, 1.82) is 0 Å². The Morgan fingerprint density at radius 1 is 0.923 bits per heavy atom. The van der Waals surface area contributed by atoms with Crippen LogP contribution in [0.1, 0.15) is 51.0 Å². The van der Waals surface area contributed by atoms with Crippen molar-refractivity contribution in [2.45, 2.75) is 45.4 Å². The van der Waals surface area contributed by atoms with E-state index >= 15 is 0 Å². The molecule has 0 aromatic heterocycles. The molecule has 134 valence electrons. The van der Waals surface area contributed by atoms with Crippen LogP contribution in [0.15, 0.2) is 60.7 Å². The van der Waals surface area contributed by atoms with Gasteiger partial charge in [0.15, 0.2) is 0 Å². The Hall–Kier alpha value is -2.33. The number of benzene rings is 2. The summed E-state index contributed by atoms with van der Waals surface area (Å²) in [6, 6.07) is 14.9. The van der Waals surface area contributed by atoms with Gasteiger partial charge < -0.3 is 0 Å². The Labute approximate surface area is 157 Å². The van der Waals surface area contributed by atoms with Crippen LogP contribution in [0.5, 0.6) is 0 Å². The summed E-state index contributed by atoms with van der Waals surface area (Å²) in [5, 5.41) is 0. The van der Waals surface area contributed by atoms with E-state index < -0.39 is 0 Å². The van der Waals surface area contributed by atoms with Crippen LogP contribution in [0.3, 0.4) is 0 Å². The Balaban J connectivity index is 1.55. The van der Waals surface area contributed by atoms with Crippen molar-refractivity contribution in [2.24, 2.45) is 11.8 Å². The van der Waals surface area contributed by atoms with Crippen molar-refractivity contribution >= 4 is 0 Å². The minimum absolute atomic E-state index is 0.202. The van der Waals surface area contributed by atoms with Crippen molar-refractivity contribution in [3.8, 4) is 23.0 Å². The van der Waals surface area contributed by atoms with Crippen LogP contribution in [-0.4, -0.2) is 0 Å². The van der Waals surface area contributed by atoms with Gasteiger partial charge in [0.25, 0.3) is 0 Å². The van der Waals surface area contributed by atoms with Gasteiger partial charge in [0.05, 0.1) is 0 Å². The lowest BCUT2D eigenvalue weighted by atomic mass is 9.82. The molecule has 0 heterocycles. The molecule has 1 aliphatic carbocycles. The average molecular weight is 346 g/mol. The highest BCUT2D eigenvalue weighted by atomic mass is 19.1. The van der Waals surface area contributed by atoms with Gasteiger partial charge in [-0.3, -0.25) is 0 Å². The van der Waals surface area contributed by atoms with E-state index in [1.54, 1.807) is 0 Å². The second-order valence-electron chi connectivity index (χ2n) is 7.18. The molecule has 0 spiro atoms. The molecule has 3 rings (SSSR count). The summed E-state index contributed by atoms with van der Waals surface area (Å²) >= 11 is 0. The van der Waals surface area contributed by atoms with Crippen LogP contribution >= 0.6 is 0 Å². The van der Waals surface area contributed by atoms with E-state index in [-0.39, 0.29) is 5.82 Å². The molecule has 0 nitrogen and oxygen atoms in total.